The van der Waals surface area contributed by atoms with Gasteiger partial charge in [0.15, 0.2) is 5.13 Å². The number of morpholine rings is 1. The molecule has 0 radical (unpaired) electrons. The number of methoxy groups -OCH3 is 1. The van der Waals surface area contributed by atoms with Crippen LogP contribution in [0.25, 0.3) is 0 Å². The van der Waals surface area contributed by atoms with E-state index in [1.807, 2.05) is 18.3 Å². The summed E-state index contributed by atoms with van der Waals surface area (Å²) in [4.78, 5) is 23.0. The number of hydrogen-bond acceptors (Lipinski definition) is 7. The van der Waals surface area contributed by atoms with Crippen LogP contribution in [0.1, 0.15) is 17.4 Å². The number of nitrogens with zero attached hydrogens (tertiary/aromatic N) is 3. The van der Waals surface area contributed by atoms with Crippen molar-refractivity contribution in [2.45, 2.75) is 26.0 Å². The number of nitrogens with one attached hydrogen (secondary N) is 1. The SMILES string of the molecule is COc1cc(CC2CN(Cc3cnc(NC(C)=O)s3)CCO2)ccn1. The van der Waals surface area contributed by atoms with Gasteiger partial charge in [-0.25, -0.2) is 9.97 Å². The molecule has 134 valence electrons. The highest BCUT2D eigenvalue weighted by Gasteiger charge is 2.21. The number of carbonyl (C=O) groups excluding carboxylic acids is 1. The number of amides is 1. The van der Waals surface area contributed by atoms with Crippen molar-refractivity contribution in [2.75, 3.05) is 32.1 Å². The third-order valence-electron chi connectivity index (χ3n) is 3.91. The fourth-order valence-electron chi connectivity index (χ4n) is 2.81. The Morgan fingerprint density at radius 1 is 1.52 bits per heavy atom. The largest absolute Gasteiger partial charge is 0.481 e. The van der Waals surface area contributed by atoms with Gasteiger partial charge < -0.3 is 14.8 Å². The standard InChI is InChI=1S/C17H22N4O3S/c1-12(22)20-17-19-9-15(25-17)11-21-5-6-24-14(10-21)7-13-3-4-18-16(8-13)23-2/h3-4,8-9,14H,5-7,10-11H2,1-2H3,(H,19,20,22). The lowest BCUT2D eigenvalue weighted by atomic mass is 10.1. The fraction of sp³-hybridized carbons (Fsp3) is 0.471. The summed E-state index contributed by atoms with van der Waals surface area (Å²) in [6.45, 7) is 4.77. The minimum absolute atomic E-state index is 0.0971. The summed E-state index contributed by atoms with van der Waals surface area (Å²) in [6.07, 6.45) is 4.56. The van der Waals surface area contributed by atoms with Crippen LogP contribution >= 0.6 is 11.3 Å². The summed E-state index contributed by atoms with van der Waals surface area (Å²) in [5.41, 5.74) is 1.16. The summed E-state index contributed by atoms with van der Waals surface area (Å²) in [5, 5.41) is 3.37. The van der Waals surface area contributed by atoms with Gasteiger partial charge in [0, 0.05) is 56.3 Å². The molecule has 1 fully saturated rings. The van der Waals surface area contributed by atoms with E-state index in [4.69, 9.17) is 9.47 Å². The van der Waals surface area contributed by atoms with Crippen LogP contribution in [-0.4, -0.2) is 53.7 Å². The Morgan fingerprint density at radius 3 is 3.20 bits per heavy atom. The van der Waals surface area contributed by atoms with Gasteiger partial charge in [-0.15, -0.1) is 11.3 Å². The van der Waals surface area contributed by atoms with Crippen LogP contribution in [0.4, 0.5) is 5.13 Å². The minimum atomic E-state index is -0.0971. The first-order chi connectivity index (χ1) is 12.1. The maximum atomic E-state index is 11.1. The molecular weight excluding hydrogens is 340 g/mol. The first kappa shape index (κ1) is 17.8. The summed E-state index contributed by atoms with van der Waals surface area (Å²) >= 11 is 1.51. The molecule has 3 heterocycles. The van der Waals surface area contributed by atoms with Crippen LogP contribution in [-0.2, 0) is 22.5 Å². The Bertz CT molecular complexity index is 721. The fourth-order valence-corrected chi connectivity index (χ4v) is 3.71. The first-order valence-electron chi connectivity index (χ1n) is 8.17. The van der Waals surface area contributed by atoms with Gasteiger partial charge in [0.1, 0.15) is 0 Å². The number of hydrogen-bond donors (Lipinski definition) is 1. The van der Waals surface area contributed by atoms with Crippen LogP contribution in [0.5, 0.6) is 5.88 Å². The molecule has 1 N–H and O–H groups in total. The van der Waals surface area contributed by atoms with E-state index in [-0.39, 0.29) is 12.0 Å². The zero-order valence-corrected chi connectivity index (χ0v) is 15.2. The minimum Gasteiger partial charge on any atom is -0.481 e. The van der Waals surface area contributed by atoms with E-state index in [1.165, 1.54) is 18.3 Å². The van der Waals surface area contributed by atoms with Crippen LogP contribution in [0.15, 0.2) is 24.5 Å². The molecule has 0 bridgehead atoms. The summed E-state index contributed by atoms with van der Waals surface area (Å²) in [6, 6.07) is 3.94. The highest BCUT2D eigenvalue weighted by molar-refractivity contribution is 7.15. The van der Waals surface area contributed by atoms with E-state index in [1.54, 1.807) is 13.3 Å². The van der Waals surface area contributed by atoms with Gasteiger partial charge >= 0.3 is 0 Å². The van der Waals surface area contributed by atoms with E-state index in [0.717, 1.165) is 36.5 Å². The van der Waals surface area contributed by atoms with Crippen LogP contribution in [0, 0.1) is 0 Å². The second kappa shape index (κ2) is 8.37. The average molecular weight is 362 g/mol. The molecule has 2 aromatic rings. The van der Waals surface area contributed by atoms with E-state index >= 15 is 0 Å². The Hall–Kier alpha value is -2.03. The van der Waals surface area contributed by atoms with Gasteiger partial charge in [0.25, 0.3) is 0 Å². The van der Waals surface area contributed by atoms with Crippen molar-refractivity contribution in [3.05, 3.63) is 35.0 Å². The van der Waals surface area contributed by atoms with Crippen molar-refractivity contribution in [1.29, 1.82) is 0 Å². The number of anilines is 1. The molecule has 1 saturated heterocycles. The molecule has 0 aliphatic carbocycles. The molecule has 1 aliphatic heterocycles. The molecule has 0 spiro atoms. The van der Waals surface area contributed by atoms with E-state index in [9.17, 15) is 4.79 Å². The van der Waals surface area contributed by atoms with Crippen molar-refractivity contribution < 1.29 is 14.3 Å². The van der Waals surface area contributed by atoms with E-state index < -0.39 is 0 Å². The summed E-state index contributed by atoms with van der Waals surface area (Å²) in [7, 11) is 1.62. The lowest BCUT2D eigenvalue weighted by Crippen LogP contribution is -2.42. The summed E-state index contributed by atoms with van der Waals surface area (Å²) in [5.74, 6) is 0.528. The highest BCUT2D eigenvalue weighted by atomic mass is 32.1. The molecule has 0 aromatic carbocycles. The van der Waals surface area contributed by atoms with Gasteiger partial charge in [-0.2, -0.15) is 0 Å². The van der Waals surface area contributed by atoms with Gasteiger partial charge in [-0.3, -0.25) is 9.69 Å². The van der Waals surface area contributed by atoms with E-state index in [2.05, 4.69) is 20.2 Å². The quantitative estimate of drug-likeness (QED) is 0.846. The molecule has 0 saturated carbocycles. The average Bonchev–Trinajstić information content (AvgIpc) is 3.01. The molecular formula is C17H22N4O3S. The zero-order valence-electron chi connectivity index (χ0n) is 14.4. The van der Waals surface area contributed by atoms with Gasteiger partial charge in [-0.05, 0) is 11.6 Å². The molecule has 2 aromatic heterocycles. The van der Waals surface area contributed by atoms with Crippen molar-refractivity contribution in [1.82, 2.24) is 14.9 Å². The van der Waals surface area contributed by atoms with Crippen molar-refractivity contribution in [3.8, 4) is 5.88 Å². The predicted molar refractivity (Wildman–Crippen MR) is 95.9 cm³/mol. The second-order valence-corrected chi connectivity index (χ2v) is 7.07. The van der Waals surface area contributed by atoms with E-state index in [0.29, 0.717) is 17.6 Å². The van der Waals surface area contributed by atoms with Crippen molar-refractivity contribution in [3.63, 3.8) is 0 Å². The Balaban J connectivity index is 1.55. The Morgan fingerprint density at radius 2 is 2.40 bits per heavy atom. The van der Waals surface area contributed by atoms with Crippen LogP contribution in [0.2, 0.25) is 0 Å². The zero-order chi connectivity index (χ0) is 17.6. The van der Waals surface area contributed by atoms with Crippen LogP contribution < -0.4 is 10.1 Å². The molecule has 8 heteroatoms. The number of pyridine rings is 1. The van der Waals surface area contributed by atoms with Crippen molar-refractivity contribution in [2.24, 2.45) is 0 Å². The highest BCUT2D eigenvalue weighted by Crippen LogP contribution is 2.21. The first-order valence-corrected chi connectivity index (χ1v) is 8.99. The summed E-state index contributed by atoms with van der Waals surface area (Å²) < 4.78 is 11.1. The third kappa shape index (κ3) is 5.22. The Kier molecular flexibility index (Phi) is 5.95. The molecule has 1 unspecified atom stereocenters. The van der Waals surface area contributed by atoms with Gasteiger partial charge in [-0.1, -0.05) is 0 Å². The maximum Gasteiger partial charge on any atom is 0.223 e. The lowest BCUT2D eigenvalue weighted by Gasteiger charge is -2.32. The van der Waals surface area contributed by atoms with Gasteiger partial charge in [0.2, 0.25) is 11.8 Å². The van der Waals surface area contributed by atoms with Crippen molar-refractivity contribution >= 4 is 22.4 Å². The van der Waals surface area contributed by atoms with Crippen LogP contribution in [0.3, 0.4) is 0 Å². The predicted octanol–water partition coefficient (Wildman–Crippen LogP) is 1.95. The number of ether oxygens (including phenoxy) is 2. The maximum absolute atomic E-state index is 11.1. The number of aromatic nitrogens is 2. The lowest BCUT2D eigenvalue weighted by molar-refractivity contribution is -0.114. The molecule has 25 heavy (non-hydrogen) atoms. The molecule has 1 atom stereocenters. The molecule has 1 amide bonds. The number of thiazole rings is 1. The molecule has 7 nitrogen and oxygen atoms in total. The molecule has 1 aliphatic rings. The second-order valence-electron chi connectivity index (χ2n) is 5.95. The smallest absolute Gasteiger partial charge is 0.223 e. The number of rotatable bonds is 6. The number of carbonyl (C=O) groups is 1. The normalized spacial score (nSPS) is 18.1. The Labute approximate surface area is 151 Å². The van der Waals surface area contributed by atoms with Gasteiger partial charge in [0.05, 0.1) is 19.8 Å². The molecule has 3 rings (SSSR count). The topological polar surface area (TPSA) is 76.6 Å². The monoisotopic (exact) mass is 362 g/mol. The third-order valence-corrected chi connectivity index (χ3v) is 4.81.